The van der Waals surface area contributed by atoms with Gasteiger partial charge in [0, 0.05) is 24.2 Å². The van der Waals surface area contributed by atoms with Gasteiger partial charge in [-0.15, -0.1) is 0 Å². The average molecular weight is 453 g/mol. The van der Waals surface area contributed by atoms with Crippen molar-refractivity contribution in [1.82, 2.24) is 5.32 Å². The van der Waals surface area contributed by atoms with E-state index in [0.29, 0.717) is 5.69 Å². The molecule has 0 bridgehead atoms. The van der Waals surface area contributed by atoms with Gasteiger partial charge in [0.05, 0.1) is 24.6 Å². The number of amides is 3. The lowest BCUT2D eigenvalue weighted by Gasteiger charge is -2.27. The number of methoxy groups -OCH3 is 1. The van der Waals surface area contributed by atoms with Gasteiger partial charge in [-0.25, -0.2) is 4.90 Å². The van der Waals surface area contributed by atoms with E-state index >= 15 is 0 Å². The molecular formula is C23H23N3O7. The van der Waals surface area contributed by atoms with Crippen molar-refractivity contribution in [1.29, 1.82) is 0 Å². The maximum Gasteiger partial charge on any atom is 0.324 e. The van der Waals surface area contributed by atoms with Crippen LogP contribution in [0, 0.1) is 11.8 Å². The Hall–Kier alpha value is -3.92. The van der Waals surface area contributed by atoms with Crippen LogP contribution in [0.4, 0.5) is 11.4 Å². The Morgan fingerprint density at radius 3 is 2.36 bits per heavy atom. The second kappa shape index (κ2) is 7.89. The number of nitrogens with one attached hydrogen (secondary N) is 2. The number of aromatic hydroxyl groups is 1. The molecule has 0 aliphatic carbocycles. The first-order chi connectivity index (χ1) is 15.6. The second-order valence-corrected chi connectivity index (χ2v) is 8.27. The molecule has 2 heterocycles. The van der Waals surface area contributed by atoms with Crippen molar-refractivity contribution in [3.05, 3.63) is 48.0 Å². The molecule has 172 valence electrons. The van der Waals surface area contributed by atoms with Gasteiger partial charge in [-0.3, -0.25) is 24.5 Å². The van der Waals surface area contributed by atoms with Crippen molar-refractivity contribution in [2.75, 3.05) is 17.3 Å². The van der Waals surface area contributed by atoms with E-state index in [2.05, 4.69) is 10.6 Å². The van der Waals surface area contributed by atoms with E-state index in [4.69, 9.17) is 4.74 Å². The molecule has 4 atom stereocenters. The van der Waals surface area contributed by atoms with Gasteiger partial charge in [0.1, 0.15) is 5.54 Å². The number of benzene rings is 2. The van der Waals surface area contributed by atoms with E-state index in [9.17, 15) is 29.4 Å². The zero-order chi connectivity index (χ0) is 24.1. The molecule has 0 radical (unpaired) electrons. The van der Waals surface area contributed by atoms with Gasteiger partial charge in [0.2, 0.25) is 17.7 Å². The van der Waals surface area contributed by atoms with Crippen LogP contribution in [0.3, 0.4) is 0 Å². The minimum atomic E-state index is -1.75. The Kier molecular flexibility index (Phi) is 5.33. The second-order valence-electron chi connectivity index (χ2n) is 8.27. The van der Waals surface area contributed by atoms with Gasteiger partial charge in [0.15, 0.2) is 11.5 Å². The minimum Gasteiger partial charge on any atom is -0.504 e. The van der Waals surface area contributed by atoms with Crippen molar-refractivity contribution in [2.45, 2.75) is 25.4 Å². The standard InChI is InChI=1S/C23H23N3O7/c1-11(27)24-12-7-9-13(10-8-12)26-20(29)16-17(21(26)30)23(2,22(31)32)25-18(16)14-5-4-6-15(33-3)19(14)28/h4-10,16-18,25,28H,1-3H3,(H,24,27)(H,31,32)/t16-,17+,18-,23-/m0/s1. The van der Waals surface area contributed by atoms with Crippen LogP contribution in [0.2, 0.25) is 0 Å². The molecule has 2 aliphatic heterocycles. The summed E-state index contributed by atoms with van der Waals surface area (Å²) in [6.45, 7) is 2.72. The van der Waals surface area contributed by atoms with Crippen LogP contribution >= 0.6 is 0 Å². The molecule has 2 aliphatic rings. The number of aliphatic carboxylic acids is 1. The van der Waals surface area contributed by atoms with Crippen LogP contribution in [0.5, 0.6) is 11.5 Å². The molecule has 0 spiro atoms. The summed E-state index contributed by atoms with van der Waals surface area (Å²) in [6, 6.07) is 9.87. The predicted molar refractivity (Wildman–Crippen MR) is 117 cm³/mol. The number of phenolic OH excluding ortho intramolecular Hbond substituents is 1. The van der Waals surface area contributed by atoms with Crippen molar-refractivity contribution < 1.29 is 34.1 Å². The summed E-state index contributed by atoms with van der Waals surface area (Å²) in [7, 11) is 1.38. The van der Waals surface area contributed by atoms with Crippen molar-refractivity contribution in [2.24, 2.45) is 11.8 Å². The topological polar surface area (TPSA) is 145 Å². The maximum absolute atomic E-state index is 13.5. The smallest absolute Gasteiger partial charge is 0.324 e. The lowest BCUT2D eigenvalue weighted by atomic mass is 9.80. The fraction of sp³-hybridized carbons (Fsp3) is 0.304. The first-order valence-corrected chi connectivity index (χ1v) is 10.2. The number of ether oxygens (including phenoxy) is 1. The van der Waals surface area contributed by atoms with Crippen LogP contribution in [-0.4, -0.2) is 46.6 Å². The number of carboxylic acid groups (broad SMARTS) is 1. The number of phenols is 1. The Balaban J connectivity index is 1.78. The largest absolute Gasteiger partial charge is 0.504 e. The number of carbonyl (C=O) groups is 4. The summed E-state index contributed by atoms with van der Waals surface area (Å²) in [5.74, 6) is -5.12. The van der Waals surface area contributed by atoms with Crippen LogP contribution in [0.15, 0.2) is 42.5 Å². The van der Waals surface area contributed by atoms with Crippen LogP contribution in [0.1, 0.15) is 25.5 Å². The summed E-state index contributed by atoms with van der Waals surface area (Å²) in [5, 5.41) is 26.1. The molecule has 0 aromatic heterocycles. The zero-order valence-corrected chi connectivity index (χ0v) is 18.2. The minimum absolute atomic E-state index is 0.164. The van der Waals surface area contributed by atoms with E-state index in [1.54, 1.807) is 24.3 Å². The van der Waals surface area contributed by atoms with E-state index in [0.717, 1.165) is 4.90 Å². The lowest BCUT2D eigenvalue weighted by Crippen LogP contribution is -2.53. The molecule has 4 rings (SSSR count). The first-order valence-electron chi connectivity index (χ1n) is 10.2. The van der Waals surface area contributed by atoms with E-state index in [-0.39, 0.29) is 28.7 Å². The van der Waals surface area contributed by atoms with Crippen molar-refractivity contribution in [3.8, 4) is 11.5 Å². The highest BCUT2D eigenvalue weighted by Crippen LogP contribution is 2.51. The number of carboxylic acids is 1. The third-order valence-corrected chi connectivity index (χ3v) is 6.26. The van der Waals surface area contributed by atoms with E-state index in [1.165, 1.54) is 39.2 Å². The molecule has 33 heavy (non-hydrogen) atoms. The molecule has 2 fully saturated rings. The van der Waals surface area contributed by atoms with Crippen LogP contribution < -0.4 is 20.3 Å². The average Bonchev–Trinajstić information content (AvgIpc) is 3.22. The number of rotatable bonds is 5. The van der Waals surface area contributed by atoms with Crippen LogP contribution in [0.25, 0.3) is 0 Å². The molecule has 0 unspecified atom stereocenters. The number of carbonyl (C=O) groups excluding carboxylic acids is 3. The molecule has 0 saturated carbocycles. The van der Waals surface area contributed by atoms with Crippen molar-refractivity contribution in [3.63, 3.8) is 0 Å². The van der Waals surface area contributed by atoms with Gasteiger partial charge < -0.3 is 20.3 Å². The molecule has 4 N–H and O–H groups in total. The van der Waals surface area contributed by atoms with E-state index < -0.39 is 41.2 Å². The molecule has 2 saturated heterocycles. The molecule has 10 nitrogen and oxygen atoms in total. The Morgan fingerprint density at radius 1 is 1.12 bits per heavy atom. The summed E-state index contributed by atoms with van der Waals surface area (Å²) >= 11 is 0. The maximum atomic E-state index is 13.5. The predicted octanol–water partition coefficient (Wildman–Crippen LogP) is 1.65. The Bertz CT molecular complexity index is 1160. The number of imide groups is 1. The van der Waals surface area contributed by atoms with Gasteiger partial charge >= 0.3 is 5.97 Å². The van der Waals surface area contributed by atoms with Crippen LogP contribution in [-0.2, 0) is 19.2 Å². The summed E-state index contributed by atoms with van der Waals surface area (Å²) < 4.78 is 5.15. The molecular weight excluding hydrogens is 430 g/mol. The monoisotopic (exact) mass is 453 g/mol. The fourth-order valence-corrected chi connectivity index (χ4v) is 4.71. The molecule has 2 aromatic rings. The highest BCUT2D eigenvalue weighted by Gasteiger charge is 2.67. The Labute approximate surface area is 189 Å². The van der Waals surface area contributed by atoms with Gasteiger partial charge in [-0.2, -0.15) is 0 Å². The first kappa shape index (κ1) is 22.3. The summed E-state index contributed by atoms with van der Waals surface area (Å²) in [4.78, 5) is 51.4. The highest BCUT2D eigenvalue weighted by atomic mass is 16.5. The number of nitrogens with zero attached hydrogens (tertiary/aromatic N) is 1. The zero-order valence-electron chi connectivity index (χ0n) is 18.2. The van der Waals surface area contributed by atoms with Crippen molar-refractivity contribution >= 4 is 35.1 Å². The highest BCUT2D eigenvalue weighted by molar-refractivity contribution is 6.24. The Morgan fingerprint density at radius 2 is 1.79 bits per heavy atom. The van der Waals surface area contributed by atoms with Gasteiger partial charge in [-0.05, 0) is 37.3 Å². The van der Waals surface area contributed by atoms with Gasteiger partial charge in [-0.1, -0.05) is 12.1 Å². The third kappa shape index (κ3) is 3.39. The number of para-hydroxylation sites is 1. The quantitative estimate of drug-likeness (QED) is 0.500. The number of hydrogen-bond acceptors (Lipinski definition) is 7. The third-order valence-electron chi connectivity index (χ3n) is 6.26. The number of fused-ring (bicyclic) bond motifs is 1. The summed E-state index contributed by atoms with van der Waals surface area (Å²) in [5.41, 5.74) is -0.738. The summed E-state index contributed by atoms with van der Waals surface area (Å²) in [6.07, 6.45) is 0. The fourth-order valence-electron chi connectivity index (χ4n) is 4.71. The number of hydrogen-bond donors (Lipinski definition) is 4. The van der Waals surface area contributed by atoms with Gasteiger partial charge in [0.25, 0.3) is 0 Å². The molecule has 2 aromatic carbocycles. The number of anilines is 2. The SMILES string of the molecule is COc1cccc([C@@H]2N[C@](C)(C(=O)O)[C@H]3C(=O)N(c4ccc(NC(C)=O)cc4)C(=O)[C@H]23)c1O. The molecule has 3 amide bonds. The molecule has 10 heteroatoms. The lowest BCUT2D eigenvalue weighted by molar-refractivity contribution is -0.147. The normalized spacial score (nSPS) is 26.3. The van der Waals surface area contributed by atoms with E-state index in [1.807, 2.05) is 0 Å².